The molecule has 0 N–H and O–H groups in total. The Bertz CT molecular complexity index is 333. The van der Waals surface area contributed by atoms with E-state index in [-0.39, 0.29) is 0 Å². The van der Waals surface area contributed by atoms with Crippen LogP contribution >= 0.6 is 22.6 Å². The lowest BCUT2D eigenvalue weighted by atomic mass is 9.94. The fourth-order valence-corrected chi connectivity index (χ4v) is 2.78. The average Bonchev–Trinajstić information content (AvgIpc) is 2.27. The largest absolute Gasteiger partial charge is 0.296 e. The van der Waals surface area contributed by atoms with Gasteiger partial charge in [-0.25, -0.2) is 0 Å². The van der Waals surface area contributed by atoms with Crippen molar-refractivity contribution in [3.05, 3.63) is 33.4 Å². The first-order valence-electron chi connectivity index (χ1n) is 6.13. The van der Waals surface area contributed by atoms with Gasteiger partial charge in [-0.1, -0.05) is 19.1 Å². The standard InChI is InChI=1S/C14H20IN/c1-11-3-4-12(2)16(9-11)10-13-5-7-14(15)8-6-13/h5-8,11-12H,3-4,9-10H2,1-2H3. The Morgan fingerprint density at radius 2 is 1.88 bits per heavy atom. The summed E-state index contributed by atoms with van der Waals surface area (Å²) in [5.41, 5.74) is 1.45. The summed E-state index contributed by atoms with van der Waals surface area (Å²) in [6, 6.07) is 9.67. The van der Waals surface area contributed by atoms with Gasteiger partial charge in [-0.15, -0.1) is 0 Å². The van der Waals surface area contributed by atoms with Crippen molar-refractivity contribution in [2.24, 2.45) is 5.92 Å². The number of likely N-dealkylation sites (tertiary alicyclic amines) is 1. The van der Waals surface area contributed by atoms with Crippen molar-refractivity contribution in [3.8, 4) is 0 Å². The van der Waals surface area contributed by atoms with Crippen LogP contribution in [0, 0.1) is 9.49 Å². The monoisotopic (exact) mass is 329 g/mol. The maximum atomic E-state index is 2.62. The number of benzene rings is 1. The Morgan fingerprint density at radius 1 is 1.19 bits per heavy atom. The Labute approximate surface area is 112 Å². The number of hydrogen-bond acceptors (Lipinski definition) is 1. The lowest BCUT2D eigenvalue weighted by molar-refractivity contribution is 0.117. The minimum absolute atomic E-state index is 0.746. The Kier molecular flexibility index (Phi) is 4.25. The molecule has 0 aliphatic carbocycles. The van der Waals surface area contributed by atoms with Gasteiger partial charge in [0.2, 0.25) is 0 Å². The third-order valence-electron chi connectivity index (χ3n) is 3.55. The summed E-state index contributed by atoms with van der Waals surface area (Å²) in [5, 5.41) is 0. The molecule has 2 heteroatoms. The molecule has 2 atom stereocenters. The van der Waals surface area contributed by atoms with Gasteiger partial charge in [0, 0.05) is 22.7 Å². The van der Waals surface area contributed by atoms with E-state index in [1.54, 1.807) is 0 Å². The van der Waals surface area contributed by atoms with Gasteiger partial charge in [-0.3, -0.25) is 4.90 Å². The van der Waals surface area contributed by atoms with E-state index < -0.39 is 0 Å². The van der Waals surface area contributed by atoms with Crippen molar-refractivity contribution in [2.75, 3.05) is 6.54 Å². The lowest BCUT2D eigenvalue weighted by Crippen LogP contribution is -2.40. The summed E-state index contributed by atoms with van der Waals surface area (Å²) in [7, 11) is 0. The van der Waals surface area contributed by atoms with Gasteiger partial charge in [0.1, 0.15) is 0 Å². The van der Waals surface area contributed by atoms with Gasteiger partial charge in [0.25, 0.3) is 0 Å². The average molecular weight is 329 g/mol. The molecule has 2 rings (SSSR count). The van der Waals surface area contributed by atoms with Crippen LogP contribution in [0.2, 0.25) is 0 Å². The van der Waals surface area contributed by atoms with Crippen LogP contribution in [0.3, 0.4) is 0 Å². The first-order chi connectivity index (χ1) is 7.65. The highest BCUT2D eigenvalue weighted by Crippen LogP contribution is 2.23. The lowest BCUT2D eigenvalue weighted by Gasteiger charge is -2.36. The van der Waals surface area contributed by atoms with Gasteiger partial charge in [0.05, 0.1) is 0 Å². The number of rotatable bonds is 2. The molecule has 0 bridgehead atoms. The molecule has 0 radical (unpaired) electrons. The molecule has 0 spiro atoms. The summed E-state index contributed by atoms with van der Waals surface area (Å²) in [4.78, 5) is 2.62. The van der Waals surface area contributed by atoms with Crippen molar-refractivity contribution in [2.45, 2.75) is 39.3 Å². The molecule has 1 aromatic rings. The summed E-state index contributed by atoms with van der Waals surface area (Å²) >= 11 is 2.36. The first kappa shape index (κ1) is 12.4. The van der Waals surface area contributed by atoms with Crippen LogP contribution in [-0.4, -0.2) is 17.5 Å². The van der Waals surface area contributed by atoms with Crippen molar-refractivity contribution in [3.63, 3.8) is 0 Å². The molecule has 0 amide bonds. The zero-order valence-electron chi connectivity index (χ0n) is 10.1. The summed E-state index contributed by atoms with van der Waals surface area (Å²) in [6.07, 6.45) is 2.75. The molecule has 0 aromatic heterocycles. The minimum atomic E-state index is 0.746. The molecule has 1 saturated heterocycles. The van der Waals surface area contributed by atoms with E-state index in [1.807, 2.05) is 0 Å². The molecule has 1 nitrogen and oxygen atoms in total. The van der Waals surface area contributed by atoms with Crippen molar-refractivity contribution in [1.82, 2.24) is 4.90 Å². The van der Waals surface area contributed by atoms with Crippen LogP contribution < -0.4 is 0 Å². The maximum absolute atomic E-state index is 2.62. The van der Waals surface area contributed by atoms with E-state index in [9.17, 15) is 0 Å². The predicted octanol–water partition coefficient (Wildman–Crippen LogP) is 3.91. The molecule has 2 unspecified atom stereocenters. The molecule has 1 aliphatic rings. The topological polar surface area (TPSA) is 3.24 Å². The van der Waals surface area contributed by atoms with Crippen LogP contribution in [0.15, 0.2) is 24.3 Å². The normalized spacial score (nSPS) is 26.9. The number of nitrogens with zero attached hydrogens (tertiary/aromatic N) is 1. The number of halogens is 1. The minimum Gasteiger partial charge on any atom is -0.296 e. The molecule has 1 aromatic carbocycles. The second kappa shape index (κ2) is 5.50. The molecule has 88 valence electrons. The highest BCUT2D eigenvalue weighted by molar-refractivity contribution is 14.1. The van der Waals surface area contributed by atoms with Crippen molar-refractivity contribution < 1.29 is 0 Å². The van der Waals surface area contributed by atoms with E-state index >= 15 is 0 Å². The van der Waals surface area contributed by atoms with E-state index in [0.29, 0.717) is 0 Å². The molecule has 16 heavy (non-hydrogen) atoms. The SMILES string of the molecule is CC1CCC(C)N(Cc2ccc(I)cc2)C1. The Balaban J connectivity index is 2.00. The quantitative estimate of drug-likeness (QED) is 0.744. The van der Waals surface area contributed by atoms with E-state index in [2.05, 4.69) is 65.6 Å². The molecule has 0 saturated carbocycles. The van der Waals surface area contributed by atoms with Crippen LogP contribution in [0.4, 0.5) is 0 Å². The van der Waals surface area contributed by atoms with E-state index in [0.717, 1.165) is 18.5 Å². The molecular formula is C14H20IN. The van der Waals surface area contributed by atoms with Gasteiger partial charge in [0.15, 0.2) is 0 Å². The fourth-order valence-electron chi connectivity index (χ4n) is 2.42. The molecule has 1 fully saturated rings. The predicted molar refractivity (Wildman–Crippen MR) is 77.4 cm³/mol. The number of piperidine rings is 1. The number of hydrogen-bond donors (Lipinski definition) is 0. The molecular weight excluding hydrogens is 309 g/mol. The smallest absolute Gasteiger partial charge is 0.0236 e. The second-order valence-electron chi connectivity index (χ2n) is 5.09. The first-order valence-corrected chi connectivity index (χ1v) is 7.21. The second-order valence-corrected chi connectivity index (χ2v) is 6.33. The van der Waals surface area contributed by atoms with Gasteiger partial charge >= 0.3 is 0 Å². The van der Waals surface area contributed by atoms with Crippen LogP contribution in [0.25, 0.3) is 0 Å². The fraction of sp³-hybridized carbons (Fsp3) is 0.571. The van der Waals surface area contributed by atoms with Crippen LogP contribution in [-0.2, 0) is 6.54 Å². The van der Waals surface area contributed by atoms with Crippen molar-refractivity contribution >= 4 is 22.6 Å². The van der Waals surface area contributed by atoms with Gasteiger partial charge in [-0.2, -0.15) is 0 Å². The third-order valence-corrected chi connectivity index (χ3v) is 4.26. The summed E-state index contributed by atoms with van der Waals surface area (Å²) in [5.74, 6) is 0.861. The van der Waals surface area contributed by atoms with E-state index in [4.69, 9.17) is 0 Å². The summed E-state index contributed by atoms with van der Waals surface area (Å²) < 4.78 is 1.32. The molecule has 1 aliphatic heterocycles. The van der Waals surface area contributed by atoms with Crippen molar-refractivity contribution in [1.29, 1.82) is 0 Å². The Morgan fingerprint density at radius 3 is 2.56 bits per heavy atom. The van der Waals surface area contributed by atoms with Gasteiger partial charge in [-0.05, 0) is 66.0 Å². The zero-order valence-corrected chi connectivity index (χ0v) is 12.3. The van der Waals surface area contributed by atoms with E-state index in [1.165, 1.54) is 28.5 Å². The highest BCUT2D eigenvalue weighted by atomic mass is 127. The van der Waals surface area contributed by atoms with Gasteiger partial charge < -0.3 is 0 Å². The Hall–Kier alpha value is -0.0900. The summed E-state index contributed by atoms with van der Waals surface area (Å²) in [6.45, 7) is 7.10. The van der Waals surface area contributed by atoms with Crippen LogP contribution in [0.1, 0.15) is 32.3 Å². The highest BCUT2D eigenvalue weighted by Gasteiger charge is 2.22. The van der Waals surface area contributed by atoms with Crippen LogP contribution in [0.5, 0.6) is 0 Å². The molecule has 1 heterocycles. The maximum Gasteiger partial charge on any atom is 0.0236 e. The zero-order chi connectivity index (χ0) is 11.5. The third kappa shape index (κ3) is 3.20.